The summed E-state index contributed by atoms with van der Waals surface area (Å²) in [5.41, 5.74) is 0.862. The number of ether oxygens (including phenoxy) is 1. The van der Waals surface area contributed by atoms with Crippen molar-refractivity contribution in [2.24, 2.45) is 5.92 Å². The molecule has 1 aromatic carbocycles. The first kappa shape index (κ1) is 15.9. The van der Waals surface area contributed by atoms with E-state index in [9.17, 15) is 0 Å². The highest BCUT2D eigenvalue weighted by molar-refractivity contribution is 5.37. The van der Waals surface area contributed by atoms with Crippen LogP contribution in [0.25, 0.3) is 5.69 Å². The number of hydrogen-bond donors (Lipinski definition) is 0. The third-order valence-electron chi connectivity index (χ3n) is 5.16. The van der Waals surface area contributed by atoms with Crippen molar-refractivity contribution in [3.8, 4) is 11.4 Å². The van der Waals surface area contributed by atoms with E-state index in [0.29, 0.717) is 0 Å². The van der Waals surface area contributed by atoms with Crippen LogP contribution < -0.4 is 4.74 Å². The van der Waals surface area contributed by atoms with Gasteiger partial charge in [0.15, 0.2) is 5.82 Å². The molecule has 0 saturated heterocycles. The molecule has 1 fully saturated rings. The lowest BCUT2D eigenvalue weighted by Gasteiger charge is -2.43. The van der Waals surface area contributed by atoms with E-state index in [0.717, 1.165) is 36.0 Å². The first-order valence-corrected chi connectivity index (χ1v) is 8.17. The van der Waals surface area contributed by atoms with Gasteiger partial charge in [-0.2, -0.15) is 4.68 Å². The molecule has 0 amide bonds. The summed E-state index contributed by atoms with van der Waals surface area (Å²) in [7, 11) is 5.92. The maximum absolute atomic E-state index is 5.23. The molecule has 0 aliphatic heterocycles. The largest absolute Gasteiger partial charge is 0.497 e. The van der Waals surface area contributed by atoms with E-state index >= 15 is 0 Å². The standard InChI is InChI=1S/C17H25N5O/c1-13-9-11-17(12-10-13,21(2)3)16-18-19-20-22(16)14-5-7-15(23-4)8-6-14/h5-8,13H,9-12H2,1-4H3. The smallest absolute Gasteiger partial charge is 0.176 e. The molecule has 0 spiro atoms. The van der Waals surface area contributed by atoms with Crippen LogP contribution in [-0.2, 0) is 5.54 Å². The van der Waals surface area contributed by atoms with E-state index in [1.54, 1.807) is 7.11 Å². The van der Waals surface area contributed by atoms with Crippen molar-refractivity contribution in [3.63, 3.8) is 0 Å². The summed E-state index contributed by atoms with van der Waals surface area (Å²) in [6, 6.07) is 7.86. The second kappa shape index (κ2) is 6.28. The summed E-state index contributed by atoms with van der Waals surface area (Å²) >= 11 is 0. The number of hydrogen-bond acceptors (Lipinski definition) is 5. The van der Waals surface area contributed by atoms with Crippen molar-refractivity contribution in [3.05, 3.63) is 30.1 Å². The Morgan fingerprint density at radius 1 is 1.17 bits per heavy atom. The highest BCUT2D eigenvalue weighted by Gasteiger charge is 2.42. The lowest BCUT2D eigenvalue weighted by molar-refractivity contribution is 0.0698. The number of rotatable bonds is 4. The minimum atomic E-state index is -0.101. The number of tetrazole rings is 1. The maximum atomic E-state index is 5.23. The second-order valence-corrected chi connectivity index (χ2v) is 6.72. The monoisotopic (exact) mass is 315 g/mol. The van der Waals surface area contributed by atoms with Crippen LogP contribution in [-0.4, -0.2) is 46.3 Å². The Hall–Kier alpha value is -1.95. The molecule has 1 aliphatic carbocycles. The van der Waals surface area contributed by atoms with Crippen molar-refractivity contribution in [2.75, 3.05) is 21.2 Å². The van der Waals surface area contributed by atoms with Crippen molar-refractivity contribution < 1.29 is 4.74 Å². The van der Waals surface area contributed by atoms with Gasteiger partial charge in [0.2, 0.25) is 0 Å². The van der Waals surface area contributed by atoms with Crippen LogP contribution in [0.1, 0.15) is 38.4 Å². The van der Waals surface area contributed by atoms with E-state index in [1.165, 1.54) is 12.8 Å². The van der Waals surface area contributed by atoms with Gasteiger partial charge in [0, 0.05) is 0 Å². The highest BCUT2D eigenvalue weighted by atomic mass is 16.5. The Labute approximate surface area is 137 Å². The van der Waals surface area contributed by atoms with Crippen LogP contribution in [0.3, 0.4) is 0 Å². The summed E-state index contributed by atoms with van der Waals surface area (Å²) in [5, 5.41) is 12.6. The minimum Gasteiger partial charge on any atom is -0.497 e. The Balaban J connectivity index is 2.00. The Bertz CT molecular complexity index is 641. The summed E-state index contributed by atoms with van der Waals surface area (Å²) in [6.07, 6.45) is 4.57. The maximum Gasteiger partial charge on any atom is 0.176 e. The van der Waals surface area contributed by atoms with E-state index < -0.39 is 0 Å². The van der Waals surface area contributed by atoms with Crippen LogP contribution >= 0.6 is 0 Å². The average molecular weight is 315 g/mol. The molecule has 0 radical (unpaired) electrons. The molecule has 3 rings (SSSR count). The van der Waals surface area contributed by atoms with Gasteiger partial charge in [0.25, 0.3) is 0 Å². The molecule has 1 saturated carbocycles. The summed E-state index contributed by atoms with van der Waals surface area (Å²) in [6.45, 7) is 2.33. The number of methoxy groups -OCH3 is 1. The molecule has 0 N–H and O–H groups in total. The third kappa shape index (κ3) is 2.83. The number of aromatic nitrogens is 4. The summed E-state index contributed by atoms with van der Waals surface area (Å²) in [4.78, 5) is 2.28. The molecular weight excluding hydrogens is 290 g/mol. The predicted molar refractivity (Wildman–Crippen MR) is 88.7 cm³/mol. The van der Waals surface area contributed by atoms with Crippen molar-refractivity contribution >= 4 is 0 Å². The molecule has 0 bridgehead atoms. The zero-order valence-electron chi connectivity index (χ0n) is 14.4. The summed E-state index contributed by atoms with van der Waals surface area (Å²) in [5.74, 6) is 2.53. The topological polar surface area (TPSA) is 56.1 Å². The van der Waals surface area contributed by atoms with Gasteiger partial charge >= 0.3 is 0 Å². The molecular formula is C17H25N5O. The van der Waals surface area contributed by atoms with Crippen LogP contribution in [0.4, 0.5) is 0 Å². The Morgan fingerprint density at radius 2 is 1.83 bits per heavy atom. The van der Waals surface area contributed by atoms with E-state index in [4.69, 9.17) is 4.74 Å². The number of benzene rings is 1. The van der Waals surface area contributed by atoms with Gasteiger partial charge in [0.1, 0.15) is 5.75 Å². The van der Waals surface area contributed by atoms with Crippen LogP contribution in [0, 0.1) is 5.92 Å². The average Bonchev–Trinajstić information content (AvgIpc) is 3.06. The van der Waals surface area contributed by atoms with Gasteiger partial charge in [0.05, 0.1) is 18.3 Å². The van der Waals surface area contributed by atoms with Gasteiger partial charge in [-0.15, -0.1) is 5.10 Å². The minimum absolute atomic E-state index is 0.101. The Kier molecular flexibility index (Phi) is 4.35. The molecule has 0 atom stereocenters. The molecule has 1 heterocycles. The highest BCUT2D eigenvalue weighted by Crippen LogP contribution is 2.42. The van der Waals surface area contributed by atoms with Crippen molar-refractivity contribution in [1.82, 2.24) is 25.1 Å². The van der Waals surface area contributed by atoms with Crippen LogP contribution in [0.2, 0.25) is 0 Å². The van der Waals surface area contributed by atoms with Gasteiger partial charge in [-0.1, -0.05) is 6.92 Å². The lowest BCUT2D eigenvalue weighted by atomic mass is 9.75. The first-order valence-electron chi connectivity index (χ1n) is 8.17. The lowest BCUT2D eigenvalue weighted by Crippen LogP contribution is -2.46. The van der Waals surface area contributed by atoms with E-state index in [1.807, 2.05) is 28.9 Å². The predicted octanol–water partition coefficient (Wildman–Crippen LogP) is 2.64. The van der Waals surface area contributed by atoms with Crippen molar-refractivity contribution in [1.29, 1.82) is 0 Å². The van der Waals surface area contributed by atoms with Gasteiger partial charge in [-0.25, -0.2) is 0 Å². The first-order chi connectivity index (χ1) is 11.1. The third-order valence-corrected chi connectivity index (χ3v) is 5.16. The Morgan fingerprint density at radius 3 is 2.39 bits per heavy atom. The van der Waals surface area contributed by atoms with Crippen LogP contribution in [0.5, 0.6) is 5.75 Å². The fourth-order valence-electron chi connectivity index (χ4n) is 3.49. The molecule has 1 aliphatic rings. The molecule has 6 nitrogen and oxygen atoms in total. The summed E-state index contributed by atoms with van der Waals surface area (Å²) < 4.78 is 7.10. The number of nitrogens with zero attached hydrogens (tertiary/aromatic N) is 5. The van der Waals surface area contributed by atoms with Crippen molar-refractivity contribution in [2.45, 2.75) is 38.1 Å². The van der Waals surface area contributed by atoms with Gasteiger partial charge in [-0.3, -0.25) is 4.90 Å². The molecule has 2 aromatic rings. The van der Waals surface area contributed by atoms with Gasteiger partial charge < -0.3 is 4.74 Å². The quantitative estimate of drug-likeness (QED) is 0.868. The molecule has 23 heavy (non-hydrogen) atoms. The van der Waals surface area contributed by atoms with Crippen LogP contribution in [0.15, 0.2) is 24.3 Å². The van der Waals surface area contributed by atoms with E-state index in [-0.39, 0.29) is 5.54 Å². The van der Waals surface area contributed by atoms with Gasteiger partial charge in [-0.05, 0) is 80.4 Å². The fourth-order valence-corrected chi connectivity index (χ4v) is 3.49. The fraction of sp³-hybridized carbons (Fsp3) is 0.588. The molecule has 124 valence electrons. The SMILES string of the molecule is COc1ccc(-n2nnnc2C2(N(C)C)CCC(C)CC2)cc1. The zero-order chi connectivity index (χ0) is 16.4. The molecule has 0 unspecified atom stereocenters. The molecule has 1 aromatic heterocycles. The van der Waals surface area contributed by atoms with E-state index in [2.05, 4.69) is 41.4 Å². The second-order valence-electron chi connectivity index (χ2n) is 6.72. The normalized spacial score (nSPS) is 24.8. The molecule has 6 heteroatoms. The zero-order valence-corrected chi connectivity index (χ0v) is 14.4.